The van der Waals surface area contributed by atoms with E-state index in [0.717, 1.165) is 0 Å². The van der Waals surface area contributed by atoms with Crippen molar-refractivity contribution in [1.29, 1.82) is 0 Å². The van der Waals surface area contributed by atoms with E-state index in [1.165, 1.54) is 19.2 Å². The van der Waals surface area contributed by atoms with Crippen molar-refractivity contribution in [2.24, 2.45) is 0 Å². The van der Waals surface area contributed by atoms with Crippen molar-refractivity contribution >= 4 is 16.8 Å². The molecular weight excluding hydrogens is 223 g/mol. The topological polar surface area (TPSA) is 39.4 Å². The van der Waals surface area contributed by atoms with Crippen LogP contribution in [0.15, 0.2) is 28.7 Å². The molecule has 1 aromatic heterocycles. The molecule has 0 unspecified atom stereocenters. The smallest absolute Gasteiger partial charge is 0.229 e. The number of fused-ring (bicyclic) bond motifs is 1. The number of ketones is 1. The lowest BCUT2D eigenvalue weighted by Gasteiger charge is -2.19. The number of Topliss-reactive ketones (excluding diaryl/α,β-unsaturated/α-hetero) is 1. The van der Waals surface area contributed by atoms with E-state index in [9.17, 15) is 9.18 Å². The van der Waals surface area contributed by atoms with Gasteiger partial charge in [0.1, 0.15) is 5.60 Å². The molecule has 1 heterocycles. The fourth-order valence-corrected chi connectivity index (χ4v) is 1.53. The highest BCUT2D eigenvalue weighted by Gasteiger charge is 2.31. The lowest BCUT2D eigenvalue weighted by molar-refractivity contribution is 0.0206. The first-order chi connectivity index (χ1) is 7.95. The Labute approximate surface area is 98.2 Å². The zero-order chi connectivity index (χ0) is 12.6. The maximum Gasteiger partial charge on any atom is 0.229 e. The molecular formula is C13H13FO3. The molecule has 0 N–H and O–H groups in total. The number of hydrogen-bond acceptors (Lipinski definition) is 3. The first-order valence-corrected chi connectivity index (χ1v) is 5.24. The fourth-order valence-electron chi connectivity index (χ4n) is 1.53. The zero-order valence-electron chi connectivity index (χ0n) is 9.91. The molecule has 0 aliphatic rings. The molecule has 2 rings (SSSR count). The molecule has 0 atom stereocenters. The van der Waals surface area contributed by atoms with Gasteiger partial charge < -0.3 is 9.15 Å². The van der Waals surface area contributed by atoms with Gasteiger partial charge in [0.05, 0.1) is 0 Å². The Morgan fingerprint density at radius 1 is 1.41 bits per heavy atom. The van der Waals surface area contributed by atoms with Crippen LogP contribution in [0.2, 0.25) is 0 Å². The molecule has 0 saturated heterocycles. The van der Waals surface area contributed by atoms with Gasteiger partial charge in [0, 0.05) is 12.5 Å². The van der Waals surface area contributed by atoms with Crippen molar-refractivity contribution in [3.8, 4) is 0 Å². The number of carbonyl (C=O) groups excluding carboxylic acids is 1. The van der Waals surface area contributed by atoms with E-state index in [1.807, 2.05) is 0 Å². The van der Waals surface area contributed by atoms with Crippen LogP contribution < -0.4 is 0 Å². The van der Waals surface area contributed by atoms with E-state index < -0.39 is 11.4 Å². The quantitative estimate of drug-likeness (QED) is 0.768. The summed E-state index contributed by atoms with van der Waals surface area (Å²) in [5, 5.41) is 0.570. The van der Waals surface area contributed by atoms with Gasteiger partial charge in [-0.05, 0) is 26.0 Å². The van der Waals surface area contributed by atoms with Gasteiger partial charge in [-0.1, -0.05) is 12.1 Å². The van der Waals surface area contributed by atoms with Crippen molar-refractivity contribution in [3.05, 3.63) is 35.8 Å². The number of methoxy groups -OCH3 is 1. The highest BCUT2D eigenvalue weighted by Crippen LogP contribution is 2.25. The Balaban J connectivity index is 2.51. The van der Waals surface area contributed by atoms with Crippen LogP contribution in [0.25, 0.3) is 11.0 Å². The van der Waals surface area contributed by atoms with Gasteiger partial charge in [-0.3, -0.25) is 4.79 Å². The van der Waals surface area contributed by atoms with E-state index >= 15 is 0 Å². The highest BCUT2D eigenvalue weighted by molar-refractivity contribution is 6.02. The summed E-state index contributed by atoms with van der Waals surface area (Å²) in [5.41, 5.74) is -0.882. The molecule has 0 aliphatic heterocycles. The Morgan fingerprint density at radius 2 is 2.12 bits per heavy atom. The van der Waals surface area contributed by atoms with Crippen LogP contribution in [0.3, 0.4) is 0 Å². The van der Waals surface area contributed by atoms with Crippen molar-refractivity contribution < 1.29 is 18.3 Å². The first-order valence-electron chi connectivity index (χ1n) is 5.24. The summed E-state index contributed by atoms with van der Waals surface area (Å²) in [6.45, 7) is 3.28. The average molecular weight is 236 g/mol. The SMILES string of the molecule is COC(C)(C)C(=O)c1cc2cccc(F)c2o1. The van der Waals surface area contributed by atoms with Crippen molar-refractivity contribution in [2.45, 2.75) is 19.4 Å². The summed E-state index contributed by atoms with van der Waals surface area (Å²) in [4.78, 5) is 12.0. The minimum Gasteiger partial charge on any atom is -0.450 e. The molecule has 0 saturated carbocycles. The summed E-state index contributed by atoms with van der Waals surface area (Å²) in [6, 6.07) is 6.09. The molecule has 0 fully saturated rings. The van der Waals surface area contributed by atoms with Gasteiger partial charge in [-0.25, -0.2) is 4.39 Å². The monoisotopic (exact) mass is 236 g/mol. The molecule has 0 spiro atoms. The number of benzene rings is 1. The van der Waals surface area contributed by atoms with Gasteiger partial charge in [-0.2, -0.15) is 0 Å². The second-order valence-electron chi connectivity index (χ2n) is 4.31. The Bertz CT molecular complexity index is 569. The maximum absolute atomic E-state index is 13.4. The standard InChI is InChI=1S/C13H13FO3/c1-13(2,16-3)12(15)10-7-8-5-4-6-9(14)11(8)17-10/h4-7H,1-3H3. The Hall–Kier alpha value is -1.68. The van der Waals surface area contributed by atoms with Crippen LogP contribution in [0.1, 0.15) is 24.4 Å². The Morgan fingerprint density at radius 3 is 2.71 bits per heavy atom. The van der Waals surface area contributed by atoms with E-state index in [0.29, 0.717) is 5.39 Å². The third kappa shape index (κ3) is 1.96. The molecule has 3 nitrogen and oxygen atoms in total. The average Bonchev–Trinajstić information content (AvgIpc) is 2.73. The predicted octanol–water partition coefficient (Wildman–Crippen LogP) is 3.18. The van der Waals surface area contributed by atoms with Crippen LogP contribution in [0.4, 0.5) is 4.39 Å². The van der Waals surface area contributed by atoms with E-state index in [2.05, 4.69) is 0 Å². The van der Waals surface area contributed by atoms with Gasteiger partial charge in [0.25, 0.3) is 0 Å². The van der Waals surface area contributed by atoms with Crippen molar-refractivity contribution in [2.75, 3.05) is 7.11 Å². The summed E-state index contributed by atoms with van der Waals surface area (Å²) >= 11 is 0. The maximum atomic E-state index is 13.4. The van der Waals surface area contributed by atoms with Crippen molar-refractivity contribution in [1.82, 2.24) is 0 Å². The number of furan rings is 1. The van der Waals surface area contributed by atoms with E-state index in [1.54, 1.807) is 26.0 Å². The minimum atomic E-state index is -0.982. The summed E-state index contributed by atoms with van der Waals surface area (Å²) < 4.78 is 23.7. The number of para-hydroxylation sites is 1. The fraction of sp³-hybridized carbons (Fsp3) is 0.308. The molecule has 0 aliphatic carbocycles. The van der Waals surface area contributed by atoms with Crippen LogP contribution >= 0.6 is 0 Å². The number of carbonyl (C=O) groups is 1. The number of rotatable bonds is 3. The molecule has 17 heavy (non-hydrogen) atoms. The van der Waals surface area contributed by atoms with Crippen LogP contribution in [-0.2, 0) is 4.74 Å². The van der Waals surface area contributed by atoms with Crippen LogP contribution in [-0.4, -0.2) is 18.5 Å². The summed E-state index contributed by atoms with van der Waals surface area (Å²) in [7, 11) is 1.45. The molecule has 1 aromatic carbocycles. The normalized spacial score (nSPS) is 12.0. The molecule has 90 valence electrons. The molecule has 0 amide bonds. The zero-order valence-corrected chi connectivity index (χ0v) is 9.91. The summed E-state index contributed by atoms with van der Waals surface area (Å²) in [5.74, 6) is -0.677. The number of hydrogen-bond donors (Lipinski definition) is 0. The van der Waals surface area contributed by atoms with E-state index in [4.69, 9.17) is 9.15 Å². The van der Waals surface area contributed by atoms with Crippen LogP contribution in [0, 0.1) is 5.82 Å². The Kier molecular flexibility index (Phi) is 2.75. The second kappa shape index (κ2) is 3.96. The van der Waals surface area contributed by atoms with E-state index in [-0.39, 0.29) is 17.1 Å². The molecule has 0 bridgehead atoms. The number of ether oxygens (including phenoxy) is 1. The van der Waals surface area contributed by atoms with Gasteiger partial charge in [-0.15, -0.1) is 0 Å². The summed E-state index contributed by atoms with van der Waals surface area (Å²) in [6.07, 6.45) is 0. The third-order valence-electron chi connectivity index (χ3n) is 2.78. The lowest BCUT2D eigenvalue weighted by Crippen LogP contribution is -2.33. The third-order valence-corrected chi connectivity index (χ3v) is 2.78. The van der Waals surface area contributed by atoms with Gasteiger partial charge in [0.2, 0.25) is 5.78 Å². The van der Waals surface area contributed by atoms with Crippen molar-refractivity contribution in [3.63, 3.8) is 0 Å². The predicted molar refractivity (Wildman–Crippen MR) is 61.6 cm³/mol. The molecule has 2 aromatic rings. The highest BCUT2D eigenvalue weighted by atomic mass is 19.1. The first kappa shape index (κ1) is 11.8. The minimum absolute atomic E-state index is 0.0998. The molecule has 0 radical (unpaired) electrons. The molecule has 4 heteroatoms. The van der Waals surface area contributed by atoms with Crippen LogP contribution in [0.5, 0.6) is 0 Å². The van der Waals surface area contributed by atoms with Gasteiger partial charge >= 0.3 is 0 Å². The largest absolute Gasteiger partial charge is 0.450 e. The van der Waals surface area contributed by atoms with Gasteiger partial charge in [0.15, 0.2) is 17.2 Å². The number of halogens is 1. The second-order valence-corrected chi connectivity index (χ2v) is 4.31. The lowest BCUT2D eigenvalue weighted by atomic mass is 10.0.